The van der Waals surface area contributed by atoms with Gasteiger partial charge in [-0.1, -0.05) is 48.6 Å². The molecule has 0 atom stereocenters. The third-order valence-electron chi connectivity index (χ3n) is 5.49. The van der Waals surface area contributed by atoms with Crippen LogP contribution >= 0.6 is 11.3 Å². The zero-order chi connectivity index (χ0) is 27.3. The van der Waals surface area contributed by atoms with Crippen LogP contribution in [0.4, 0.5) is 10.8 Å². The smallest absolute Gasteiger partial charge is 0.263 e. The molecule has 0 radical (unpaired) electrons. The van der Waals surface area contributed by atoms with E-state index in [2.05, 4.69) is 20.2 Å². The fourth-order valence-electron chi connectivity index (χ4n) is 3.42. The van der Waals surface area contributed by atoms with Gasteiger partial charge in [0.05, 0.1) is 9.79 Å². The summed E-state index contributed by atoms with van der Waals surface area (Å²) in [4.78, 5) is 12.8. The summed E-state index contributed by atoms with van der Waals surface area (Å²) < 4.78 is 54.7. The number of aromatic nitrogens is 2. The Hall–Kier alpha value is -3.65. The molecule has 0 bridgehead atoms. The van der Waals surface area contributed by atoms with E-state index in [4.69, 9.17) is 0 Å². The summed E-state index contributed by atoms with van der Waals surface area (Å²) in [5.41, 5.74) is 1.48. The fourth-order valence-corrected chi connectivity index (χ4v) is 6.48. The first-order chi connectivity index (χ1) is 18.1. The van der Waals surface area contributed by atoms with Crippen LogP contribution in [0.15, 0.2) is 88.7 Å². The van der Waals surface area contributed by atoms with Gasteiger partial charge in [0, 0.05) is 24.8 Å². The number of aryl methyl sites for hydroxylation is 1. The minimum Gasteiger partial charge on any atom is -0.322 e. The molecule has 3 aromatic carbocycles. The highest BCUT2D eigenvalue weighted by Gasteiger charge is 2.22. The Labute approximate surface area is 225 Å². The average molecular weight is 572 g/mol. The molecule has 198 valence electrons. The van der Waals surface area contributed by atoms with Crippen molar-refractivity contribution in [3.63, 3.8) is 0 Å². The average Bonchev–Trinajstić information content (AvgIpc) is 3.36. The highest BCUT2D eigenvalue weighted by Crippen LogP contribution is 2.22. The predicted octanol–water partition coefficient (Wildman–Crippen LogP) is 3.97. The molecule has 0 saturated carbocycles. The molecule has 0 fully saturated rings. The quantitative estimate of drug-likeness (QED) is 0.294. The highest BCUT2D eigenvalue weighted by atomic mass is 32.2. The molecule has 1 aromatic heterocycles. The molecule has 0 aliphatic carbocycles. The normalized spacial score (nSPS) is 11.9. The second kappa shape index (κ2) is 11.4. The minimum absolute atomic E-state index is 0.00192. The highest BCUT2D eigenvalue weighted by molar-refractivity contribution is 7.93. The van der Waals surface area contributed by atoms with Crippen molar-refractivity contribution in [3.05, 3.63) is 95.0 Å². The number of rotatable bonds is 10. The van der Waals surface area contributed by atoms with Crippen LogP contribution in [-0.4, -0.2) is 44.3 Å². The molecular weight excluding hydrogens is 547 g/mol. The Bertz CT molecular complexity index is 1620. The summed E-state index contributed by atoms with van der Waals surface area (Å²) in [7, 11) is -6.12. The molecule has 4 aromatic rings. The third-order valence-corrected chi connectivity index (χ3v) is 9.77. The van der Waals surface area contributed by atoms with E-state index >= 15 is 0 Å². The van der Waals surface area contributed by atoms with Gasteiger partial charge in [0.25, 0.3) is 15.9 Å². The number of hydrogen-bond donors (Lipinski definition) is 2. The molecule has 1 amide bonds. The molecule has 2 N–H and O–H groups in total. The Morgan fingerprint density at radius 3 is 2.11 bits per heavy atom. The van der Waals surface area contributed by atoms with Crippen molar-refractivity contribution in [1.82, 2.24) is 14.5 Å². The number of anilines is 2. The van der Waals surface area contributed by atoms with Crippen LogP contribution in [0.1, 0.15) is 27.9 Å². The van der Waals surface area contributed by atoms with Gasteiger partial charge in [0.15, 0.2) is 0 Å². The van der Waals surface area contributed by atoms with Gasteiger partial charge in [-0.05, 0) is 60.5 Å². The van der Waals surface area contributed by atoms with E-state index in [1.54, 1.807) is 0 Å². The van der Waals surface area contributed by atoms with Crippen LogP contribution < -0.4 is 10.0 Å². The van der Waals surface area contributed by atoms with E-state index in [-0.39, 0.29) is 27.0 Å². The van der Waals surface area contributed by atoms with E-state index in [0.717, 1.165) is 16.9 Å². The molecule has 1 heterocycles. The van der Waals surface area contributed by atoms with Crippen LogP contribution in [-0.2, 0) is 33.0 Å². The minimum atomic E-state index is -3.87. The topological polar surface area (TPSA) is 138 Å². The molecule has 0 spiro atoms. The molecule has 0 saturated heterocycles. The standard InChI is InChI=1S/C25H25N5O5S3/c1-3-23-27-28-25(36-23)29-37(32,33)21-15-11-20(12-16-21)26-24(31)19-9-13-22(14-10-19)38(34,35)30(2)17-18-7-5-4-6-8-18/h4-16H,3,17H2,1-2H3,(H,26,31)(H,28,29). The van der Waals surface area contributed by atoms with Crippen LogP contribution in [0.3, 0.4) is 0 Å². The van der Waals surface area contributed by atoms with Crippen LogP contribution in [0, 0.1) is 0 Å². The maximum Gasteiger partial charge on any atom is 0.263 e. The van der Waals surface area contributed by atoms with Crippen molar-refractivity contribution in [2.24, 2.45) is 0 Å². The van der Waals surface area contributed by atoms with Gasteiger partial charge < -0.3 is 5.32 Å². The van der Waals surface area contributed by atoms with Gasteiger partial charge >= 0.3 is 0 Å². The van der Waals surface area contributed by atoms with Crippen LogP contribution in [0.25, 0.3) is 0 Å². The third kappa shape index (κ3) is 6.42. The summed E-state index contributed by atoms with van der Waals surface area (Å²) >= 11 is 1.16. The summed E-state index contributed by atoms with van der Waals surface area (Å²) in [5, 5.41) is 11.3. The zero-order valence-corrected chi connectivity index (χ0v) is 23.0. The SMILES string of the molecule is CCc1nnc(NS(=O)(=O)c2ccc(NC(=O)c3ccc(S(=O)(=O)N(C)Cc4ccccc4)cc3)cc2)s1. The maximum absolute atomic E-state index is 12.9. The molecule has 4 rings (SSSR count). The van der Waals surface area contributed by atoms with Gasteiger partial charge in [0.2, 0.25) is 15.2 Å². The lowest BCUT2D eigenvalue weighted by Crippen LogP contribution is -2.26. The second-order valence-electron chi connectivity index (χ2n) is 8.21. The first-order valence-electron chi connectivity index (χ1n) is 11.5. The first kappa shape index (κ1) is 27.4. The van der Waals surface area contributed by atoms with Crippen molar-refractivity contribution in [2.75, 3.05) is 17.1 Å². The summed E-state index contributed by atoms with van der Waals surface area (Å²) in [5.74, 6) is -0.471. The number of carbonyl (C=O) groups is 1. The monoisotopic (exact) mass is 571 g/mol. The Balaban J connectivity index is 1.40. The van der Waals surface area contributed by atoms with Crippen LogP contribution in [0.2, 0.25) is 0 Å². The molecule has 38 heavy (non-hydrogen) atoms. The lowest BCUT2D eigenvalue weighted by molar-refractivity contribution is 0.102. The first-order valence-corrected chi connectivity index (χ1v) is 15.2. The number of benzene rings is 3. The zero-order valence-electron chi connectivity index (χ0n) is 20.5. The maximum atomic E-state index is 12.9. The fraction of sp³-hybridized carbons (Fsp3) is 0.160. The Morgan fingerprint density at radius 1 is 0.868 bits per heavy atom. The number of amides is 1. The molecular formula is C25H25N5O5S3. The van der Waals surface area contributed by atoms with E-state index in [9.17, 15) is 21.6 Å². The van der Waals surface area contributed by atoms with E-state index < -0.39 is 26.0 Å². The van der Waals surface area contributed by atoms with Crippen molar-refractivity contribution < 1.29 is 21.6 Å². The lowest BCUT2D eigenvalue weighted by Gasteiger charge is -2.17. The predicted molar refractivity (Wildman–Crippen MR) is 146 cm³/mol. The van der Waals surface area contributed by atoms with Crippen molar-refractivity contribution >= 4 is 48.1 Å². The van der Waals surface area contributed by atoms with Crippen molar-refractivity contribution in [1.29, 1.82) is 0 Å². The van der Waals surface area contributed by atoms with Gasteiger partial charge in [-0.2, -0.15) is 4.31 Å². The van der Waals surface area contributed by atoms with Gasteiger partial charge in [-0.15, -0.1) is 10.2 Å². The van der Waals surface area contributed by atoms with E-state index in [1.807, 2.05) is 37.3 Å². The largest absolute Gasteiger partial charge is 0.322 e. The lowest BCUT2D eigenvalue weighted by atomic mass is 10.2. The van der Waals surface area contributed by atoms with Crippen molar-refractivity contribution in [2.45, 2.75) is 29.7 Å². The van der Waals surface area contributed by atoms with Crippen LogP contribution in [0.5, 0.6) is 0 Å². The van der Waals surface area contributed by atoms with Gasteiger partial charge in [-0.3, -0.25) is 9.52 Å². The number of sulfonamides is 2. The van der Waals surface area contributed by atoms with E-state index in [0.29, 0.717) is 17.1 Å². The second-order valence-corrected chi connectivity index (χ2v) is 13.0. The molecule has 0 aliphatic heterocycles. The summed E-state index contributed by atoms with van der Waals surface area (Å²) in [6.45, 7) is 2.11. The summed E-state index contributed by atoms with van der Waals surface area (Å²) in [6.07, 6.45) is 0.650. The van der Waals surface area contributed by atoms with Gasteiger partial charge in [0.1, 0.15) is 5.01 Å². The van der Waals surface area contributed by atoms with E-state index in [1.165, 1.54) is 59.9 Å². The van der Waals surface area contributed by atoms with Gasteiger partial charge in [-0.25, -0.2) is 16.8 Å². The number of carbonyl (C=O) groups excluding carboxylic acids is 1. The van der Waals surface area contributed by atoms with Crippen molar-refractivity contribution in [3.8, 4) is 0 Å². The number of nitrogens with zero attached hydrogens (tertiary/aromatic N) is 3. The molecule has 13 heteroatoms. The molecule has 0 unspecified atom stereocenters. The summed E-state index contributed by atoms with van der Waals surface area (Å²) in [6, 6.07) is 20.5. The molecule has 10 nitrogen and oxygen atoms in total. The Kier molecular flexibility index (Phi) is 8.21. The number of nitrogens with one attached hydrogen (secondary N) is 2. The molecule has 0 aliphatic rings. The Morgan fingerprint density at radius 2 is 1.50 bits per heavy atom. The number of hydrogen-bond acceptors (Lipinski definition) is 8.